The lowest BCUT2D eigenvalue weighted by atomic mass is 9.94. The summed E-state index contributed by atoms with van der Waals surface area (Å²) in [7, 11) is 0. The topological polar surface area (TPSA) is 96.3 Å². The van der Waals surface area contributed by atoms with Crippen molar-refractivity contribution in [1.29, 1.82) is 0 Å². The number of aryl methyl sites for hydroxylation is 1. The number of amides is 3. The second-order valence-electron chi connectivity index (χ2n) is 9.02. The molecule has 32 heavy (non-hydrogen) atoms. The highest BCUT2D eigenvalue weighted by molar-refractivity contribution is 6.01. The van der Waals surface area contributed by atoms with Gasteiger partial charge in [0.15, 0.2) is 5.69 Å². The van der Waals surface area contributed by atoms with Crippen LogP contribution in [0, 0.1) is 6.92 Å². The predicted molar refractivity (Wildman–Crippen MR) is 120 cm³/mol. The Morgan fingerprint density at radius 2 is 1.97 bits per heavy atom. The smallest absolute Gasteiger partial charge is 0.273 e. The first-order valence-corrected chi connectivity index (χ1v) is 11.4. The van der Waals surface area contributed by atoms with E-state index >= 15 is 0 Å². The Bertz CT molecular complexity index is 1040. The average Bonchev–Trinajstić information content (AvgIpc) is 3.42. The van der Waals surface area contributed by atoms with Gasteiger partial charge in [-0.2, -0.15) is 5.10 Å². The van der Waals surface area contributed by atoms with E-state index in [0.717, 1.165) is 36.8 Å². The Labute approximate surface area is 188 Å². The Morgan fingerprint density at radius 3 is 2.66 bits per heavy atom. The van der Waals surface area contributed by atoms with Gasteiger partial charge in [-0.1, -0.05) is 42.7 Å². The van der Waals surface area contributed by atoms with Crippen molar-refractivity contribution in [3.63, 3.8) is 0 Å². The van der Waals surface area contributed by atoms with E-state index in [1.807, 2.05) is 38.1 Å². The molecule has 1 aliphatic carbocycles. The minimum Gasteiger partial charge on any atom is -0.351 e. The van der Waals surface area contributed by atoms with Gasteiger partial charge in [0.05, 0.1) is 6.54 Å². The van der Waals surface area contributed by atoms with Crippen LogP contribution in [0.4, 0.5) is 0 Å². The fourth-order valence-electron chi connectivity index (χ4n) is 4.75. The molecule has 8 nitrogen and oxygen atoms in total. The van der Waals surface area contributed by atoms with Crippen LogP contribution in [0.1, 0.15) is 71.6 Å². The molecule has 2 aromatic rings. The molecule has 0 saturated heterocycles. The number of likely N-dealkylation sites (N-methyl/N-ethyl adjacent to an activating group) is 1. The molecule has 1 saturated carbocycles. The van der Waals surface area contributed by atoms with Gasteiger partial charge in [-0.05, 0) is 39.2 Å². The maximum absolute atomic E-state index is 13.2. The highest BCUT2D eigenvalue weighted by Crippen LogP contribution is 2.28. The van der Waals surface area contributed by atoms with Crippen LogP contribution in [0.2, 0.25) is 0 Å². The maximum atomic E-state index is 13.2. The van der Waals surface area contributed by atoms with Crippen LogP contribution in [-0.4, -0.2) is 50.5 Å². The summed E-state index contributed by atoms with van der Waals surface area (Å²) in [5.74, 6) is -0.791. The Hall–Kier alpha value is -3.16. The number of benzene rings is 1. The van der Waals surface area contributed by atoms with Crippen molar-refractivity contribution in [2.75, 3.05) is 6.54 Å². The van der Waals surface area contributed by atoms with Gasteiger partial charge in [0.2, 0.25) is 5.91 Å². The summed E-state index contributed by atoms with van der Waals surface area (Å²) < 4.78 is 1.50. The van der Waals surface area contributed by atoms with Crippen LogP contribution in [-0.2, 0) is 17.9 Å². The van der Waals surface area contributed by atoms with Gasteiger partial charge in [0, 0.05) is 25.2 Å². The van der Waals surface area contributed by atoms with E-state index in [-0.39, 0.29) is 36.0 Å². The fourth-order valence-corrected chi connectivity index (χ4v) is 4.75. The number of hydrogen-bond donors (Lipinski definition) is 2. The molecule has 1 aromatic carbocycles. The highest BCUT2D eigenvalue weighted by Gasteiger charge is 2.48. The highest BCUT2D eigenvalue weighted by atomic mass is 16.2. The molecule has 1 aromatic heterocycles. The third-order valence-electron chi connectivity index (χ3n) is 6.56. The minimum absolute atomic E-state index is 0.161. The standard InChI is InChI=1S/C24H31N5O3/c1-4-28-22(31)20-13-19(21(30)25-14-17-9-7-8-16(2)12-17)27-29(20)15-24(28,3)23(32)26-18-10-5-6-11-18/h7-9,12-13,18H,4-6,10-11,14-15H2,1-3H3,(H,25,30)(H,26,32)/t24-/m0/s1. The number of nitrogens with one attached hydrogen (secondary N) is 2. The molecule has 1 fully saturated rings. The summed E-state index contributed by atoms with van der Waals surface area (Å²) >= 11 is 0. The quantitative estimate of drug-likeness (QED) is 0.725. The number of carbonyl (C=O) groups excluding carboxylic acids is 3. The maximum Gasteiger partial charge on any atom is 0.273 e. The predicted octanol–water partition coefficient (Wildman–Crippen LogP) is 2.41. The molecule has 0 radical (unpaired) electrons. The molecule has 2 heterocycles. The summed E-state index contributed by atoms with van der Waals surface area (Å²) in [4.78, 5) is 40.7. The number of carbonyl (C=O) groups is 3. The van der Waals surface area contributed by atoms with Crippen LogP contribution < -0.4 is 10.6 Å². The van der Waals surface area contributed by atoms with Crippen LogP contribution in [0.5, 0.6) is 0 Å². The number of aromatic nitrogens is 2. The Kier molecular flexibility index (Phi) is 6.04. The van der Waals surface area contributed by atoms with Gasteiger partial charge >= 0.3 is 0 Å². The van der Waals surface area contributed by atoms with Crippen molar-refractivity contribution in [2.45, 2.75) is 71.1 Å². The van der Waals surface area contributed by atoms with E-state index in [9.17, 15) is 14.4 Å². The zero-order chi connectivity index (χ0) is 22.9. The zero-order valence-corrected chi connectivity index (χ0v) is 19.0. The van der Waals surface area contributed by atoms with E-state index in [4.69, 9.17) is 0 Å². The monoisotopic (exact) mass is 437 g/mol. The third-order valence-corrected chi connectivity index (χ3v) is 6.56. The van der Waals surface area contributed by atoms with Gasteiger partial charge < -0.3 is 15.5 Å². The van der Waals surface area contributed by atoms with E-state index < -0.39 is 5.54 Å². The third kappa shape index (κ3) is 4.13. The lowest BCUT2D eigenvalue weighted by Gasteiger charge is -2.43. The van der Waals surface area contributed by atoms with E-state index in [0.29, 0.717) is 18.8 Å². The van der Waals surface area contributed by atoms with Crippen molar-refractivity contribution in [1.82, 2.24) is 25.3 Å². The molecule has 0 spiro atoms. The first kappa shape index (κ1) is 22.0. The normalized spacial score (nSPS) is 20.8. The second-order valence-corrected chi connectivity index (χ2v) is 9.02. The molecule has 2 aliphatic rings. The van der Waals surface area contributed by atoms with Crippen molar-refractivity contribution in [3.8, 4) is 0 Å². The van der Waals surface area contributed by atoms with Crippen molar-refractivity contribution in [2.24, 2.45) is 0 Å². The SMILES string of the molecule is CCN1C(=O)c2cc(C(=O)NCc3cccc(C)c3)nn2C[C@@]1(C)C(=O)NC1CCCC1. The van der Waals surface area contributed by atoms with Crippen LogP contribution in [0.3, 0.4) is 0 Å². The first-order chi connectivity index (χ1) is 15.3. The van der Waals surface area contributed by atoms with Gasteiger partial charge in [0.25, 0.3) is 11.8 Å². The minimum atomic E-state index is -1.05. The lowest BCUT2D eigenvalue weighted by Crippen LogP contribution is -2.64. The lowest BCUT2D eigenvalue weighted by molar-refractivity contribution is -0.133. The van der Waals surface area contributed by atoms with E-state index in [1.165, 1.54) is 10.7 Å². The summed E-state index contributed by atoms with van der Waals surface area (Å²) in [6.45, 7) is 6.62. The zero-order valence-electron chi connectivity index (χ0n) is 19.0. The molecule has 0 bridgehead atoms. The molecule has 2 N–H and O–H groups in total. The number of hydrogen-bond acceptors (Lipinski definition) is 4. The van der Waals surface area contributed by atoms with Gasteiger partial charge in [-0.15, -0.1) is 0 Å². The van der Waals surface area contributed by atoms with Gasteiger partial charge in [-0.25, -0.2) is 0 Å². The van der Waals surface area contributed by atoms with Crippen LogP contribution in [0.25, 0.3) is 0 Å². The van der Waals surface area contributed by atoms with E-state index in [1.54, 1.807) is 11.8 Å². The molecule has 1 atom stereocenters. The molecular weight excluding hydrogens is 406 g/mol. The molecule has 0 unspecified atom stereocenters. The summed E-state index contributed by atoms with van der Waals surface area (Å²) in [6, 6.07) is 9.58. The van der Waals surface area contributed by atoms with E-state index in [2.05, 4.69) is 15.7 Å². The molecule has 8 heteroatoms. The molecule has 170 valence electrons. The van der Waals surface area contributed by atoms with Crippen LogP contribution >= 0.6 is 0 Å². The largest absolute Gasteiger partial charge is 0.351 e. The van der Waals surface area contributed by atoms with Crippen LogP contribution in [0.15, 0.2) is 30.3 Å². The summed E-state index contributed by atoms with van der Waals surface area (Å²) in [6.07, 6.45) is 4.17. The summed E-state index contributed by atoms with van der Waals surface area (Å²) in [5, 5.41) is 10.4. The number of fused-ring (bicyclic) bond motifs is 1. The average molecular weight is 438 g/mol. The first-order valence-electron chi connectivity index (χ1n) is 11.4. The van der Waals surface area contributed by atoms with Gasteiger partial charge in [0.1, 0.15) is 11.2 Å². The van der Waals surface area contributed by atoms with Gasteiger partial charge in [-0.3, -0.25) is 19.1 Å². The van der Waals surface area contributed by atoms with Crippen molar-refractivity contribution >= 4 is 17.7 Å². The molecule has 4 rings (SSSR count). The Morgan fingerprint density at radius 1 is 1.22 bits per heavy atom. The Balaban J connectivity index is 1.52. The fraction of sp³-hybridized carbons (Fsp3) is 0.500. The van der Waals surface area contributed by atoms with Crippen molar-refractivity contribution < 1.29 is 14.4 Å². The number of rotatable bonds is 6. The molecule has 3 amide bonds. The second kappa shape index (κ2) is 8.76. The van der Waals surface area contributed by atoms with Crippen molar-refractivity contribution in [3.05, 3.63) is 52.8 Å². The molecular formula is C24H31N5O3. The molecule has 1 aliphatic heterocycles. The summed E-state index contributed by atoms with van der Waals surface area (Å²) in [5.41, 5.74) is 1.57. The number of nitrogens with zero attached hydrogens (tertiary/aromatic N) is 3.